The number of hydrogen-bond acceptors (Lipinski definition) is 5. The van der Waals surface area contributed by atoms with Crippen LogP contribution in [0.5, 0.6) is 0 Å². The molecule has 114 valence electrons. The van der Waals surface area contributed by atoms with Gasteiger partial charge in [-0.2, -0.15) is 0 Å². The first-order chi connectivity index (χ1) is 9.38. The second-order valence-electron chi connectivity index (χ2n) is 4.75. The highest BCUT2D eigenvalue weighted by Crippen LogP contribution is 2.20. The van der Waals surface area contributed by atoms with Gasteiger partial charge in [-0.05, 0) is 44.0 Å². The zero-order valence-electron chi connectivity index (χ0n) is 11.9. The lowest BCUT2D eigenvalue weighted by Gasteiger charge is -2.19. The molecule has 0 fully saturated rings. The Morgan fingerprint density at radius 2 is 2.10 bits per heavy atom. The first kappa shape index (κ1) is 16.9. The Morgan fingerprint density at radius 1 is 1.40 bits per heavy atom. The first-order valence-electron chi connectivity index (χ1n) is 6.47. The van der Waals surface area contributed by atoms with E-state index in [1.165, 1.54) is 0 Å². The summed E-state index contributed by atoms with van der Waals surface area (Å²) < 4.78 is 28.1. The maximum absolute atomic E-state index is 11.5. The molecule has 0 amide bonds. The maximum Gasteiger partial charge on any atom is 0.238 e. The van der Waals surface area contributed by atoms with Crippen molar-refractivity contribution in [3.63, 3.8) is 0 Å². The van der Waals surface area contributed by atoms with Crippen LogP contribution in [0.25, 0.3) is 0 Å². The number of hydrogen-bond donors (Lipinski definition) is 3. The van der Waals surface area contributed by atoms with Gasteiger partial charge in [0.05, 0.1) is 11.5 Å². The molecule has 1 atom stereocenters. The van der Waals surface area contributed by atoms with Gasteiger partial charge in [0.15, 0.2) is 0 Å². The molecule has 0 aliphatic heterocycles. The molecular weight excluding hydrogens is 278 g/mol. The van der Waals surface area contributed by atoms with Gasteiger partial charge >= 0.3 is 0 Å². The number of sulfonamides is 1. The van der Waals surface area contributed by atoms with E-state index >= 15 is 0 Å². The Hall–Kier alpha value is -1.15. The Bertz CT molecular complexity index is 532. The van der Waals surface area contributed by atoms with Gasteiger partial charge in [-0.1, -0.05) is 6.07 Å². The number of anilines is 1. The number of ether oxygens (including phenoxy) is 1. The fourth-order valence-electron chi connectivity index (χ4n) is 1.99. The summed E-state index contributed by atoms with van der Waals surface area (Å²) in [5.41, 5.74) is 6.84. The fourth-order valence-corrected chi connectivity index (χ4v) is 2.80. The van der Waals surface area contributed by atoms with Gasteiger partial charge in [-0.15, -0.1) is 0 Å². The molecule has 0 spiro atoms. The van der Waals surface area contributed by atoms with E-state index in [9.17, 15) is 8.42 Å². The minimum Gasteiger partial charge on any atom is -0.383 e. The van der Waals surface area contributed by atoms with Crippen molar-refractivity contribution >= 4 is 15.7 Å². The largest absolute Gasteiger partial charge is 0.383 e. The van der Waals surface area contributed by atoms with E-state index in [0.29, 0.717) is 24.4 Å². The van der Waals surface area contributed by atoms with Gasteiger partial charge in [-0.3, -0.25) is 0 Å². The van der Waals surface area contributed by atoms with Crippen molar-refractivity contribution in [3.8, 4) is 0 Å². The SMILES string of the molecule is COCC(CCCN)Nc1ccc(C)c(S(N)(=O)=O)c1. The number of methoxy groups -OCH3 is 1. The molecule has 0 radical (unpaired) electrons. The second-order valence-corrected chi connectivity index (χ2v) is 6.28. The van der Waals surface area contributed by atoms with Crippen LogP contribution in [-0.2, 0) is 14.8 Å². The summed E-state index contributed by atoms with van der Waals surface area (Å²) in [6.45, 7) is 2.85. The molecule has 0 aromatic heterocycles. The van der Waals surface area contributed by atoms with Crippen LogP contribution >= 0.6 is 0 Å². The summed E-state index contributed by atoms with van der Waals surface area (Å²) in [5.74, 6) is 0. The smallest absolute Gasteiger partial charge is 0.238 e. The zero-order chi connectivity index (χ0) is 15.2. The molecule has 5 N–H and O–H groups in total. The Balaban J connectivity index is 2.90. The first-order valence-corrected chi connectivity index (χ1v) is 8.02. The molecule has 0 heterocycles. The molecular formula is C13H23N3O3S. The molecule has 1 unspecified atom stereocenters. The predicted molar refractivity (Wildman–Crippen MR) is 80.1 cm³/mol. The standard InChI is InChI=1S/C13H23N3O3S/c1-10-5-6-11(8-13(10)20(15,17)18)16-12(9-19-2)4-3-7-14/h5-6,8,12,16H,3-4,7,9,14H2,1-2H3,(H2,15,17,18). The van der Waals surface area contributed by atoms with Crippen LogP contribution in [0.1, 0.15) is 18.4 Å². The normalized spacial score (nSPS) is 13.2. The minimum atomic E-state index is -3.71. The highest BCUT2D eigenvalue weighted by atomic mass is 32.2. The van der Waals surface area contributed by atoms with Crippen molar-refractivity contribution in [2.24, 2.45) is 10.9 Å². The highest BCUT2D eigenvalue weighted by molar-refractivity contribution is 7.89. The molecule has 0 aliphatic rings. The number of aryl methyl sites for hydroxylation is 1. The minimum absolute atomic E-state index is 0.0829. The van der Waals surface area contributed by atoms with Crippen LogP contribution in [0.15, 0.2) is 23.1 Å². The molecule has 6 nitrogen and oxygen atoms in total. The van der Waals surface area contributed by atoms with Gasteiger partial charge in [-0.25, -0.2) is 13.6 Å². The Labute approximate surface area is 120 Å². The molecule has 0 saturated heterocycles. The third kappa shape index (κ3) is 5.09. The van der Waals surface area contributed by atoms with Gasteiger partial charge in [0.25, 0.3) is 0 Å². The molecule has 1 rings (SSSR count). The van der Waals surface area contributed by atoms with Gasteiger partial charge in [0.1, 0.15) is 0 Å². The average molecular weight is 301 g/mol. The quantitative estimate of drug-likeness (QED) is 0.658. The molecule has 0 bridgehead atoms. The van der Waals surface area contributed by atoms with E-state index in [-0.39, 0.29) is 10.9 Å². The summed E-state index contributed by atoms with van der Waals surface area (Å²) in [6, 6.07) is 5.19. The third-order valence-electron chi connectivity index (χ3n) is 2.99. The number of nitrogens with two attached hydrogens (primary N) is 2. The predicted octanol–water partition coefficient (Wildman–Crippen LogP) is 0.808. The fraction of sp³-hybridized carbons (Fsp3) is 0.538. The van der Waals surface area contributed by atoms with Crippen LogP contribution in [0.2, 0.25) is 0 Å². The van der Waals surface area contributed by atoms with Crippen LogP contribution in [0.4, 0.5) is 5.69 Å². The summed E-state index contributed by atoms with van der Waals surface area (Å²) in [7, 11) is -2.09. The van der Waals surface area contributed by atoms with E-state index in [4.69, 9.17) is 15.6 Å². The van der Waals surface area contributed by atoms with Crippen molar-refractivity contribution < 1.29 is 13.2 Å². The van der Waals surface area contributed by atoms with Crippen LogP contribution in [0.3, 0.4) is 0 Å². The van der Waals surface area contributed by atoms with Crippen LogP contribution in [0, 0.1) is 6.92 Å². The molecule has 1 aromatic rings. The van der Waals surface area contributed by atoms with Crippen molar-refractivity contribution in [1.82, 2.24) is 0 Å². The Morgan fingerprint density at radius 3 is 2.65 bits per heavy atom. The van der Waals surface area contributed by atoms with Crippen molar-refractivity contribution in [2.75, 3.05) is 25.6 Å². The van der Waals surface area contributed by atoms with Crippen LogP contribution < -0.4 is 16.2 Å². The van der Waals surface area contributed by atoms with E-state index in [1.807, 2.05) is 6.07 Å². The summed E-state index contributed by atoms with van der Waals surface area (Å²) in [5, 5.41) is 8.45. The van der Waals surface area contributed by atoms with E-state index < -0.39 is 10.0 Å². The van der Waals surface area contributed by atoms with Crippen LogP contribution in [-0.4, -0.2) is 34.7 Å². The third-order valence-corrected chi connectivity index (χ3v) is 4.04. The van der Waals surface area contributed by atoms with E-state index in [0.717, 1.165) is 12.8 Å². The molecule has 0 aliphatic carbocycles. The van der Waals surface area contributed by atoms with Gasteiger partial charge in [0.2, 0.25) is 10.0 Å². The molecule has 7 heteroatoms. The zero-order valence-corrected chi connectivity index (χ0v) is 12.7. The topological polar surface area (TPSA) is 107 Å². The lowest BCUT2D eigenvalue weighted by atomic mass is 10.1. The molecule has 0 saturated carbocycles. The average Bonchev–Trinajstić information content (AvgIpc) is 2.37. The summed E-state index contributed by atoms with van der Waals surface area (Å²) in [6.07, 6.45) is 1.72. The number of rotatable bonds is 8. The Kier molecular flexibility index (Phi) is 6.41. The summed E-state index contributed by atoms with van der Waals surface area (Å²) in [4.78, 5) is 0.137. The van der Waals surface area contributed by atoms with Gasteiger partial charge < -0.3 is 15.8 Å². The number of primary sulfonamides is 1. The van der Waals surface area contributed by atoms with E-state index in [2.05, 4.69) is 5.32 Å². The lowest BCUT2D eigenvalue weighted by molar-refractivity contribution is 0.182. The van der Waals surface area contributed by atoms with Crippen molar-refractivity contribution in [3.05, 3.63) is 23.8 Å². The highest BCUT2D eigenvalue weighted by Gasteiger charge is 2.14. The second kappa shape index (κ2) is 7.58. The van der Waals surface area contributed by atoms with Crippen molar-refractivity contribution in [2.45, 2.75) is 30.7 Å². The van der Waals surface area contributed by atoms with Crippen molar-refractivity contribution in [1.29, 1.82) is 0 Å². The number of benzene rings is 1. The molecule has 20 heavy (non-hydrogen) atoms. The monoisotopic (exact) mass is 301 g/mol. The lowest BCUT2D eigenvalue weighted by Crippen LogP contribution is -2.26. The van der Waals surface area contributed by atoms with E-state index in [1.54, 1.807) is 26.2 Å². The molecule has 1 aromatic carbocycles. The number of nitrogens with one attached hydrogen (secondary N) is 1. The van der Waals surface area contributed by atoms with Gasteiger partial charge in [0, 0.05) is 18.8 Å². The maximum atomic E-state index is 11.5. The summed E-state index contributed by atoms with van der Waals surface area (Å²) >= 11 is 0.